The van der Waals surface area contributed by atoms with Crippen molar-refractivity contribution in [1.82, 2.24) is 9.97 Å². The van der Waals surface area contributed by atoms with E-state index in [9.17, 15) is 4.79 Å². The Balaban J connectivity index is 1.80. The van der Waals surface area contributed by atoms with Crippen LogP contribution in [0.25, 0.3) is 11.3 Å². The van der Waals surface area contributed by atoms with Crippen LogP contribution in [0.15, 0.2) is 29.6 Å². The number of ether oxygens (including phenoxy) is 2. The molecule has 1 aromatic heterocycles. The molecular weight excluding hydrogens is 280 g/mol. The molecule has 0 unspecified atom stereocenters. The molecule has 1 aromatic carbocycles. The molecule has 0 bridgehead atoms. The topological polar surface area (TPSA) is 84.4 Å². The van der Waals surface area contributed by atoms with E-state index in [0.717, 1.165) is 28.8 Å². The number of imidazole rings is 1. The fourth-order valence-electron chi connectivity index (χ4n) is 1.86. The fourth-order valence-corrected chi connectivity index (χ4v) is 2.43. The van der Waals surface area contributed by atoms with Crippen molar-refractivity contribution in [1.29, 1.82) is 0 Å². The van der Waals surface area contributed by atoms with Crippen LogP contribution >= 0.6 is 11.8 Å². The molecule has 1 aliphatic heterocycles. The van der Waals surface area contributed by atoms with E-state index in [1.807, 2.05) is 18.2 Å². The molecule has 0 amide bonds. The van der Waals surface area contributed by atoms with Gasteiger partial charge in [0.25, 0.3) is 0 Å². The molecule has 1 aliphatic rings. The van der Waals surface area contributed by atoms with E-state index in [-0.39, 0.29) is 5.75 Å². The fraction of sp³-hybridized carbons (Fsp3) is 0.231. The zero-order valence-electron chi connectivity index (χ0n) is 10.5. The Bertz CT molecular complexity index is 641. The summed E-state index contributed by atoms with van der Waals surface area (Å²) < 4.78 is 11.0. The predicted octanol–water partition coefficient (Wildman–Crippen LogP) is 2.02. The largest absolute Gasteiger partial charge is 0.486 e. The molecule has 0 radical (unpaired) electrons. The van der Waals surface area contributed by atoms with Gasteiger partial charge in [0.15, 0.2) is 16.7 Å². The van der Waals surface area contributed by atoms with Crippen LogP contribution < -0.4 is 9.47 Å². The summed E-state index contributed by atoms with van der Waals surface area (Å²) in [6, 6.07) is 5.65. The van der Waals surface area contributed by atoms with Crippen molar-refractivity contribution in [3.8, 4) is 22.8 Å². The summed E-state index contributed by atoms with van der Waals surface area (Å²) in [5, 5.41) is 9.22. The van der Waals surface area contributed by atoms with Gasteiger partial charge >= 0.3 is 5.97 Å². The summed E-state index contributed by atoms with van der Waals surface area (Å²) in [5.41, 5.74) is 1.73. The van der Waals surface area contributed by atoms with Crippen LogP contribution in [0.5, 0.6) is 11.5 Å². The summed E-state index contributed by atoms with van der Waals surface area (Å²) in [4.78, 5) is 17.7. The number of hydrogen-bond acceptors (Lipinski definition) is 5. The first-order chi connectivity index (χ1) is 9.72. The summed E-state index contributed by atoms with van der Waals surface area (Å²) in [5.74, 6) is 0.559. The second kappa shape index (κ2) is 5.46. The molecular formula is C13H12N2O4S. The van der Waals surface area contributed by atoms with E-state index < -0.39 is 5.97 Å². The maximum Gasteiger partial charge on any atom is 0.313 e. The van der Waals surface area contributed by atoms with Crippen LogP contribution in [0, 0.1) is 0 Å². The lowest BCUT2D eigenvalue weighted by atomic mass is 10.1. The van der Waals surface area contributed by atoms with Crippen molar-refractivity contribution in [2.24, 2.45) is 0 Å². The Morgan fingerprint density at radius 3 is 2.95 bits per heavy atom. The first-order valence-corrected chi connectivity index (χ1v) is 7.00. The van der Waals surface area contributed by atoms with Crippen LogP contribution in [0.2, 0.25) is 0 Å². The first kappa shape index (κ1) is 12.9. The molecule has 0 atom stereocenters. The highest BCUT2D eigenvalue weighted by molar-refractivity contribution is 7.99. The molecule has 0 spiro atoms. The van der Waals surface area contributed by atoms with Crippen molar-refractivity contribution < 1.29 is 19.4 Å². The Morgan fingerprint density at radius 1 is 1.35 bits per heavy atom. The number of benzene rings is 1. The van der Waals surface area contributed by atoms with Crippen molar-refractivity contribution in [2.45, 2.75) is 5.16 Å². The molecule has 2 heterocycles. The van der Waals surface area contributed by atoms with Gasteiger partial charge in [0.1, 0.15) is 13.2 Å². The number of H-pyrrole nitrogens is 1. The van der Waals surface area contributed by atoms with Gasteiger partial charge in [0.05, 0.1) is 17.6 Å². The highest BCUT2D eigenvalue weighted by Crippen LogP contribution is 2.34. The molecule has 2 aromatic rings. The van der Waals surface area contributed by atoms with E-state index in [2.05, 4.69) is 9.97 Å². The quantitative estimate of drug-likeness (QED) is 0.839. The maximum atomic E-state index is 10.5. The van der Waals surface area contributed by atoms with Gasteiger partial charge in [-0.15, -0.1) is 0 Å². The number of carboxylic acids is 1. The minimum Gasteiger partial charge on any atom is -0.486 e. The average molecular weight is 292 g/mol. The number of nitrogens with one attached hydrogen (secondary N) is 1. The number of nitrogens with zero attached hydrogens (tertiary/aromatic N) is 1. The lowest BCUT2D eigenvalue weighted by Gasteiger charge is -2.18. The molecule has 3 rings (SSSR count). The van der Waals surface area contributed by atoms with E-state index in [4.69, 9.17) is 14.6 Å². The normalized spacial score (nSPS) is 13.2. The number of hydrogen-bond donors (Lipinski definition) is 2. The zero-order valence-corrected chi connectivity index (χ0v) is 11.3. The first-order valence-electron chi connectivity index (χ1n) is 6.02. The lowest BCUT2D eigenvalue weighted by molar-refractivity contribution is -0.133. The molecule has 0 fully saturated rings. The van der Waals surface area contributed by atoms with Crippen LogP contribution in [0.3, 0.4) is 0 Å². The lowest BCUT2D eigenvalue weighted by Crippen LogP contribution is -2.15. The third-order valence-corrected chi connectivity index (χ3v) is 3.61. The van der Waals surface area contributed by atoms with E-state index in [0.29, 0.717) is 24.1 Å². The van der Waals surface area contributed by atoms with Gasteiger partial charge in [0, 0.05) is 5.56 Å². The third-order valence-electron chi connectivity index (χ3n) is 2.74. The monoisotopic (exact) mass is 292 g/mol. The Kier molecular flexibility index (Phi) is 3.51. The summed E-state index contributed by atoms with van der Waals surface area (Å²) in [6.45, 7) is 1.10. The minimum absolute atomic E-state index is 0.0197. The van der Waals surface area contributed by atoms with Crippen molar-refractivity contribution in [3.63, 3.8) is 0 Å². The molecule has 7 heteroatoms. The summed E-state index contributed by atoms with van der Waals surface area (Å²) in [6.07, 6.45) is 1.68. The molecule has 104 valence electrons. The number of rotatable bonds is 4. The Morgan fingerprint density at radius 2 is 2.15 bits per heavy atom. The number of carbonyl (C=O) groups is 1. The number of fused-ring (bicyclic) bond motifs is 1. The number of thioether (sulfide) groups is 1. The maximum absolute atomic E-state index is 10.5. The Labute approximate surface area is 119 Å². The highest BCUT2D eigenvalue weighted by Gasteiger charge is 2.13. The molecule has 20 heavy (non-hydrogen) atoms. The van der Waals surface area contributed by atoms with Crippen LogP contribution in [0.4, 0.5) is 0 Å². The van der Waals surface area contributed by atoms with Gasteiger partial charge in [-0.1, -0.05) is 11.8 Å². The zero-order chi connectivity index (χ0) is 13.9. The molecule has 0 aliphatic carbocycles. The van der Waals surface area contributed by atoms with Gasteiger partial charge in [-0.3, -0.25) is 4.79 Å². The van der Waals surface area contributed by atoms with Gasteiger partial charge in [-0.05, 0) is 18.2 Å². The SMILES string of the molecule is O=C(O)CSc1ncc(-c2ccc3c(c2)OCCO3)[nH]1. The van der Waals surface area contributed by atoms with Crippen LogP contribution in [-0.4, -0.2) is 40.0 Å². The number of carboxylic acid groups (broad SMARTS) is 1. The molecule has 0 saturated heterocycles. The van der Waals surface area contributed by atoms with Crippen molar-refractivity contribution >= 4 is 17.7 Å². The highest BCUT2D eigenvalue weighted by atomic mass is 32.2. The summed E-state index contributed by atoms with van der Waals surface area (Å²) >= 11 is 1.15. The van der Waals surface area contributed by atoms with Gasteiger partial charge in [-0.25, -0.2) is 4.98 Å². The number of aliphatic carboxylic acids is 1. The smallest absolute Gasteiger partial charge is 0.313 e. The van der Waals surface area contributed by atoms with E-state index in [1.54, 1.807) is 6.20 Å². The van der Waals surface area contributed by atoms with Gasteiger partial charge < -0.3 is 19.6 Å². The molecule has 6 nitrogen and oxygen atoms in total. The molecule has 0 saturated carbocycles. The van der Waals surface area contributed by atoms with Gasteiger partial charge in [0.2, 0.25) is 0 Å². The number of aromatic nitrogens is 2. The van der Waals surface area contributed by atoms with E-state index in [1.165, 1.54) is 0 Å². The summed E-state index contributed by atoms with van der Waals surface area (Å²) in [7, 11) is 0. The standard InChI is InChI=1S/C13H12N2O4S/c16-12(17)7-20-13-14-6-9(15-13)8-1-2-10-11(5-8)19-4-3-18-10/h1-2,5-6H,3-4,7H2,(H,14,15)(H,16,17). The van der Waals surface area contributed by atoms with Crippen LogP contribution in [0.1, 0.15) is 0 Å². The van der Waals surface area contributed by atoms with E-state index >= 15 is 0 Å². The predicted molar refractivity (Wildman–Crippen MR) is 73.4 cm³/mol. The average Bonchev–Trinajstić information content (AvgIpc) is 2.93. The second-order valence-electron chi connectivity index (χ2n) is 4.14. The second-order valence-corrected chi connectivity index (χ2v) is 5.11. The van der Waals surface area contributed by atoms with Crippen molar-refractivity contribution in [3.05, 3.63) is 24.4 Å². The Hall–Kier alpha value is -2.15. The number of aromatic amines is 1. The van der Waals surface area contributed by atoms with Gasteiger partial charge in [-0.2, -0.15) is 0 Å². The van der Waals surface area contributed by atoms with Crippen molar-refractivity contribution in [2.75, 3.05) is 19.0 Å². The third kappa shape index (κ3) is 2.72. The molecule has 2 N–H and O–H groups in total. The minimum atomic E-state index is -0.868. The van der Waals surface area contributed by atoms with Crippen LogP contribution in [-0.2, 0) is 4.79 Å².